The number of rotatable bonds is 5. The average Bonchev–Trinajstić information content (AvgIpc) is 2.27. The van der Waals surface area contributed by atoms with E-state index in [-0.39, 0.29) is 5.91 Å². The Bertz CT molecular complexity index is 432. The highest BCUT2D eigenvalue weighted by atomic mass is 16.1. The smallest absolute Gasteiger partial charge is 0.216 e. The van der Waals surface area contributed by atoms with E-state index in [1.807, 2.05) is 0 Å². The first-order valence-corrected chi connectivity index (χ1v) is 6.52. The zero-order chi connectivity index (χ0) is 13.5. The van der Waals surface area contributed by atoms with Crippen molar-refractivity contribution in [1.29, 1.82) is 0 Å². The second-order valence-electron chi connectivity index (χ2n) is 4.98. The Labute approximate surface area is 110 Å². The van der Waals surface area contributed by atoms with Gasteiger partial charge in [-0.25, -0.2) is 0 Å². The molecular weight excluding hydrogens is 222 g/mol. The first-order valence-electron chi connectivity index (χ1n) is 6.52. The van der Waals surface area contributed by atoms with Crippen molar-refractivity contribution in [2.45, 2.75) is 34.1 Å². The van der Waals surface area contributed by atoms with Gasteiger partial charge in [0.15, 0.2) is 0 Å². The molecule has 0 aliphatic carbocycles. The van der Waals surface area contributed by atoms with Crippen molar-refractivity contribution < 1.29 is 4.79 Å². The molecular formula is C16H23NO. The molecule has 0 atom stereocenters. The molecule has 1 rings (SSSR count). The molecule has 0 heterocycles. The molecule has 1 aromatic rings. The second-order valence-corrected chi connectivity index (χ2v) is 4.98. The summed E-state index contributed by atoms with van der Waals surface area (Å²) in [4.78, 5) is 10.9. The highest BCUT2D eigenvalue weighted by Crippen LogP contribution is 2.23. The summed E-state index contributed by atoms with van der Waals surface area (Å²) >= 11 is 0. The van der Waals surface area contributed by atoms with Crippen molar-refractivity contribution >= 4 is 11.5 Å². The van der Waals surface area contributed by atoms with Crippen LogP contribution in [-0.4, -0.2) is 12.5 Å². The Kier molecular flexibility index (Phi) is 5.63. The third-order valence-corrected chi connectivity index (χ3v) is 2.79. The molecule has 0 aromatic heterocycles. The third kappa shape index (κ3) is 4.74. The molecule has 1 amide bonds. The Morgan fingerprint density at radius 2 is 2.00 bits per heavy atom. The summed E-state index contributed by atoms with van der Waals surface area (Å²) in [6.45, 7) is 8.73. The summed E-state index contributed by atoms with van der Waals surface area (Å²) in [5, 5.41) is 2.86. The SMILES string of the molecule is CC(=O)NCC/C(=C/C(C)C)c1ccccc1C. The predicted molar refractivity (Wildman–Crippen MR) is 77.3 cm³/mol. The minimum absolute atomic E-state index is 0.0312. The summed E-state index contributed by atoms with van der Waals surface area (Å²) in [6, 6.07) is 8.40. The van der Waals surface area contributed by atoms with Gasteiger partial charge >= 0.3 is 0 Å². The number of hydrogen-bond acceptors (Lipinski definition) is 1. The number of amides is 1. The van der Waals surface area contributed by atoms with Gasteiger partial charge in [0, 0.05) is 13.5 Å². The van der Waals surface area contributed by atoms with E-state index in [9.17, 15) is 4.79 Å². The maximum absolute atomic E-state index is 10.9. The zero-order valence-corrected chi connectivity index (χ0v) is 11.8. The van der Waals surface area contributed by atoms with Gasteiger partial charge in [-0.05, 0) is 36.0 Å². The van der Waals surface area contributed by atoms with Crippen LogP contribution in [0, 0.1) is 12.8 Å². The van der Waals surface area contributed by atoms with Crippen molar-refractivity contribution in [3.63, 3.8) is 0 Å². The molecule has 18 heavy (non-hydrogen) atoms. The molecule has 1 aromatic carbocycles. The van der Waals surface area contributed by atoms with Crippen LogP contribution in [0.25, 0.3) is 5.57 Å². The topological polar surface area (TPSA) is 29.1 Å². The van der Waals surface area contributed by atoms with Crippen LogP contribution in [0.5, 0.6) is 0 Å². The Morgan fingerprint density at radius 3 is 2.56 bits per heavy atom. The van der Waals surface area contributed by atoms with Crippen molar-refractivity contribution in [1.82, 2.24) is 5.32 Å². The predicted octanol–water partition coefficient (Wildman–Crippen LogP) is 3.56. The Morgan fingerprint density at radius 1 is 1.33 bits per heavy atom. The van der Waals surface area contributed by atoms with E-state index >= 15 is 0 Å². The fraction of sp³-hybridized carbons (Fsp3) is 0.438. The van der Waals surface area contributed by atoms with Gasteiger partial charge in [0.2, 0.25) is 5.91 Å². The second kappa shape index (κ2) is 7.00. The average molecular weight is 245 g/mol. The van der Waals surface area contributed by atoms with Crippen LogP contribution in [0.2, 0.25) is 0 Å². The highest BCUT2D eigenvalue weighted by molar-refractivity contribution is 5.73. The number of carbonyl (C=O) groups is 1. The number of nitrogens with one attached hydrogen (secondary N) is 1. The fourth-order valence-corrected chi connectivity index (χ4v) is 2.02. The molecule has 0 bridgehead atoms. The maximum Gasteiger partial charge on any atom is 0.216 e. The summed E-state index contributed by atoms with van der Waals surface area (Å²) in [7, 11) is 0. The van der Waals surface area contributed by atoms with Crippen molar-refractivity contribution in [2.75, 3.05) is 6.54 Å². The Balaban J connectivity index is 2.86. The van der Waals surface area contributed by atoms with E-state index in [2.05, 4.69) is 56.4 Å². The van der Waals surface area contributed by atoms with Crippen LogP contribution in [-0.2, 0) is 4.79 Å². The van der Waals surface area contributed by atoms with E-state index in [1.54, 1.807) is 6.92 Å². The molecule has 2 nitrogen and oxygen atoms in total. The third-order valence-electron chi connectivity index (χ3n) is 2.79. The molecule has 0 aliphatic heterocycles. The molecule has 0 radical (unpaired) electrons. The normalized spacial score (nSPS) is 11.7. The van der Waals surface area contributed by atoms with Gasteiger partial charge in [-0.1, -0.05) is 44.2 Å². The van der Waals surface area contributed by atoms with E-state index in [0.717, 1.165) is 6.42 Å². The van der Waals surface area contributed by atoms with Crippen molar-refractivity contribution in [3.05, 3.63) is 41.5 Å². The van der Waals surface area contributed by atoms with E-state index in [0.29, 0.717) is 12.5 Å². The van der Waals surface area contributed by atoms with E-state index < -0.39 is 0 Å². The van der Waals surface area contributed by atoms with Crippen LogP contribution in [0.1, 0.15) is 38.3 Å². The van der Waals surface area contributed by atoms with E-state index in [1.165, 1.54) is 16.7 Å². The molecule has 0 aliphatic rings. The quantitative estimate of drug-likeness (QED) is 0.844. The van der Waals surface area contributed by atoms with Gasteiger partial charge in [-0.3, -0.25) is 4.79 Å². The van der Waals surface area contributed by atoms with Crippen LogP contribution in [0.4, 0.5) is 0 Å². The molecule has 2 heteroatoms. The lowest BCUT2D eigenvalue weighted by molar-refractivity contribution is -0.118. The number of allylic oxidation sites excluding steroid dienone is 1. The minimum Gasteiger partial charge on any atom is -0.356 e. The molecule has 0 saturated carbocycles. The number of carbonyl (C=O) groups excluding carboxylic acids is 1. The van der Waals surface area contributed by atoms with Crippen LogP contribution < -0.4 is 5.32 Å². The summed E-state index contributed by atoms with van der Waals surface area (Å²) in [5.74, 6) is 0.542. The summed E-state index contributed by atoms with van der Waals surface area (Å²) in [5.41, 5.74) is 3.89. The van der Waals surface area contributed by atoms with Crippen LogP contribution >= 0.6 is 0 Å². The van der Waals surface area contributed by atoms with Gasteiger partial charge in [0.1, 0.15) is 0 Å². The summed E-state index contributed by atoms with van der Waals surface area (Å²) in [6.07, 6.45) is 3.16. The lowest BCUT2D eigenvalue weighted by atomic mass is 9.95. The molecule has 0 fully saturated rings. The van der Waals surface area contributed by atoms with Gasteiger partial charge in [-0.15, -0.1) is 0 Å². The van der Waals surface area contributed by atoms with Crippen molar-refractivity contribution in [2.24, 2.45) is 5.92 Å². The van der Waals surface area contributed by atoms with Crippen molar-refractivity contribution in [3.8, 4) is 0 Å². The molecule has 0 unspecified atom stereocenters. The molecule has 98 valence electrons. The monoisotopic (exact) mass is 245 g/mol. The van der Waals surface area contributed by atoms with Gasteiger partial charge in [0.05, 0.1) is 0 Å². The molecule has 0 spiro atoms. The molecule has 0 saturated heterocycles. The van der Waals surface area contributed by atoms with Gasteiger partial charge in [0.25, 0.3) is 0 Å². The first-order chi connectivity index (χ1) is 8.50. The highest BCUT2D eigenvalue weighted by Gasteiger charge is 2.05. The fourth-order valence-electron chi connectivity index (χ4n) is 2.02. The lowest BCUT2D eigenvalue weighted by Gasteiger charge is -2.13. The molecule has 1 N–H and O–H groups in total. The minimum atomic E-state index is 0.0312. The first kappa shape index (κ1) is 14.5. The zero-order valence-electron chi connectivity index (χ0n) is 11.8. The number of hydrogen-bond donors (Lipinski definition) is 1. The number of benzene rings is 1. The Hall–Kier alpha value is -1.57. The van der Waals surface area contributed by atoms with Crippen LogP contribution in [0.3, 0.4) is 0 Å². The van der Waals surface area contributed by atoms with Gasteiger partial charge < -0.3 is 5.32 Å². The number of aryl methyl sites for hydroxylation is 1. The van der Waals surface area contributed by atoms with E-state index in [4.69, 9.17) is 0 Å². The largest absolute Gasteiger partial charge is 0.356 e. The lowest BCUT2D eigenvalue weighted by Crippen LogP contribution is -2.21. The van der Waals surface area contributed by atoms with Gasteiger partial charge in [-0.2, -0.15) is 0 Å². The standard InChI is InChI=1S/C16H23NO/c1-12(2)11-15(9-10-17-14(4)18)16-8-6-5-7-13(16)3/h5-8,11-12H,9-10H2,1-4H3,(H,17,18)/b15-11-. The summed E-state index contributed by atoms with van der Waals surface area (Å²) < 4.78 is 0. The maximum atomic E-state index is 10.9. The van der Waals surface area contributed by atoms with Crippen LogP contribution in [0.15, 0.2) is 30.3 Å².